The number of hydroxylamine groups is 3. The number of fused-ring (bicyclic) bond motifs is 33. The van der Waals surface area contributed by atoms with Crippen molar-refractivity contribution in [2.75, 3.05) is 67.1 Å². The van der Waals surface area contributed by atoms with E-state index >= 15 is 0 Å². The van der Waals surface area contributed by atoms with Crippen LogP contribution < -0.4 is 91.6 Å². The monoisotopic (exact) mass is 1710 g/mol. The molecule has 0 unspecified atom stereocenters. The van der Waals surface area contributed by atoms with Crippen LogP contribution in [0.1, 0.15) is 181 Å². The first-order valence-corrected chi connectivity index (χ1v) is 42.4. The number of nitrogens with two attached hydrogens (primary N) is 6. The highest BCUT2D eigenvalue weighted by Gasteiger charge is 2.41. The van der Waals surface area contributed by atoms with Crippen molar-refractivity contribution in [2.24, 2.45) is 120 Å². The van der Waals surface area contributed by atoms with Gasteiger partial charge in [0.25, 0.3) is 0 Å². The average molecular weight is 1710 g/mol. The van der Waals surface area contributed by atoms with Crippen molar-refractivity contribution >= 4 is 88.4 Å². The normalized spacial score (nSPS) is 20.3. The topological polar surface area (TPSA) is 586 Å². The van der Waals surface area contributed by atoms with E-state index in [2.05, 4.69) is 41.6 Å². The molecule has 9 rings (SSSR count). The molecule has 0 aromatic heterocycles. The van der Waals surface area contributed by atoms with Crippen molar-refractivity contribution in [1.29, 1.82) is 0 Å². The summed E-state index contributed by atoms with van der Waals surface area (Å²) in [6.45, 7) is 15.9. The van der Waals surface area contributed by atoms with E-state index in [9.17, 15) is 73.2 Å². The van der Waals surface area contributed by atoms with E-state index < -0.39 is 107 Å². The Kier molecular flexibility index (Phi) is 46.7. The van der Waals surface area contributed by atoms with Gasteiger partial charge in [-0.15, -0.1) is 0 Å². The lowest BCUT2D eigenvalue weighted by Crippen LogP contribution is -2.49. The average Bonchev–Trinajstić information content (AvgIpc) is 0.839. The maximum Gasteiger partial charge on any atom is 0.247 e. The van der Waals surface area contributed by atoms with Crippen molar-refractivity contribution in [3.8, 4) is 17.2 Å². The summed E-state index contributed by atoms with van der Waals surface area (Å²) in [7, 11) is 4.77. The smallest absolute Gasteiger partial charge is 0.247 e. The second-order valence-electron chi connectivity index (χ2n) is 32.8. The molecule has 0 saturated heterocycles. The van der Waals surface area contributed by atoms with Crippen LogP contribution in [0.5, 0.6) is 17.2 Å². The number of nitrogens with one attached hydrogen (secondary N) is 8. The fourth-order valence-electron chi connectivity index (χ4n) is 15.2. The van der Waals surface area contributed by atoms with Gasteiger partial charge in [-0.3, -0.25) is 88.1 Å². The quantitative estimate of drug-likeness (QED) is 0.0133. The van der Waals surface area contributed by atoms with Crippen molar-refractivity contribution < 1.29 is 87.4 Å². The van der Waals surface area contributed by atoms with Crippen molar-refractivity contribution in [3.05, 3.63) is 89.5 Å². The second-order valence-corrected chi connectivity index (χ2v) is 32.8. The highest BCUT2D eigenvalue weighted by molar-refractivity contribution is 5.97. The molecule has 36 heteroatoms. The SMILES string of the molecule is CC(C)C[C@H]1C(=O)N[C@H](C(=O)C[C@@H](CCCN=C(N)N)C(=O)N(C)C)Cc2ccc(cc2)OCCC[C@@H]1C(=O)NO.CCNC(=O)[C@H](CCCN=C(N)N)CC(=O)[C@@H]1Cc2ccc(cc2)OCCC[C@H](C(=O)NO)[C@@H](CC(C)C)C(=O)N1.CNC(=O)[C@H](CCCN=C(N)N)CC(=O)[C@@H]1Cc2ccc(cc2)OCCC[C@H](C(=O)NO)[C@@H](CC(C)C)C(=O)N1. The first kappa shape index (κ1) is 103. The highest BCUT2D eigenvalue weighted by Crippen LogP contribution is 2.32. The van der Waals surface area contributed by atoms with Crippen LogP contribution in [0, 0.1) is 71.0 Å². The van der Waals surface area contributed by atoms with E-state index in [1.54, 1.807) is 73.9 Å². The van der Waals surface area contributed by atoms with Gasteiger partial charge in [-0.1, -0.05) is 77.9 Å². The molecule has 678 valence electrons. The number of rotatable bonds is 34. The number of ether oxygens (including phenoxy) is 3. The Balaban J connectivity index is 0.000000384. The van der Waals surface area contributed by atoms with Gasteiger partial charge in [0, 0.05) is 102 Å². The molecule has 12 atom stereocenters. The zero-order chi connectivity index (χ0) is 90.5. The number of guanidine groups is 3. The predicted octanol–water partition coefficient (Wildman–Crippen LogP) is 3.87. The minimum Gasteiger partial charge on any atom is -0.494 e. The first-order valence-electron chi connectivity index (χ1n) is 42.4. The first-order chi connectivity index (χ1) is 58.0. The molecule has 6 heterocycles. The van der Waals surface area contributed by atoms with Gasteiger partial charge in [-0.2, -0.15) is 0 Å². The van der Waals surface area contributed by atoms with Crippen molar-refractivity contribution in [2.45, 2.75) is 201 Å². The van der Waals surface area contributed by atoms with Crippen LogP contribution in [0.3, 0.4) is 0 Å². The maximum atomic E-state index is 13.8. The zero-order valence-corrected chi connectivity index (χ0v) is 72.6. The van der Waals surface area contributed by atoms with Gasteiger partial charge in [0.15, 0.2) is 35.2 Å². The molecule has 6 aliphatic rings. The summed E-state index contributed by atoms with van der Waals surface area (Å²) < 4.78 is 17.4. The number of carbonyl (C=O) groups excluding carboxylic acids is 12. The number of Topliss-reactive ketones (excluding diaryl/α,β-unsaturated/α-hetero) is 3. The molecular formula is C86H136N18O18. The molecule has 36 nitrogen and oxygen atoms in total. The van der Waals surface area contributed by atoms with Gasteiger partial charge >= 0.3 is 0 Å². The van der Waals surface area contributed by atoms with Crippen LogP contribution >= 0.6 is 0 Å². The number of ketones is 3. The zero-order valence-electron chi connectivity index (χ0n) is 72.6. The molecule has 23 N–H and O–H groups in total. The Morgan fingerprint density at radius 1 is 0.451 bits per heavy atom. The summed E-state index contributed by atoms with van der Waals surface area (Å²) in [6, 6.07) is 19.0. The lowest BCUT2D eigenvalue weighted by Gasteiger charge is -2.29. The Labute approximate surface area is 716 Å². The summed E-state index contributed by atoms with van der Waals surface area (Å²) in [6.07, 6.45) is 6.51. The Morgan fingerprint density at radius 3 is 0.984 bits per heavy atom. The molecule has 9 amide bonds. The molecule has 3 aromatic rings. The fourth-order valence-corrected chi connectivity index (χ4v) is 15.2. The van der Waals surface area contributed by atoms with Crippen LogP contribution in [0.15, 0.2) is 87.8 Å². The molecule has 0 fully saturated rings. The van der Waals surface area contributed by atoms with E-state index in [1.807, 2.05) is 77.9 Å². The van der Waals surface area contributed by atoms with Gasteiger partial charge < -0.3 is 80.1 Å². The van der Waals surface area contributed by atoms with E-state index in [-0.39, 0.29) is 109 Å². The molecule has 0 spiro atoms. The van der Waals surface area contributed by atoms with Crippen LogP contribution in [0.2, 0.25) is 0 Å². The third-order valence-corrected chi connectivity index (χ3v) is 21.5. The second kappa shape index (κ2) is 55.1. The number of hydrogen-bond donors (Lipinski definition) is 17. The van der Waals surface area contributed by atoms with E-state index in [4.69, 9.17) is 48.6 Å². The molecule has 0 saturated carbocycles. The van der Waals surface area contributed by atoms with Crippen LogP contribution in [0.4, 0.5) is 0 Å². The standard InChI is InChI=1S/2C29H46N6O6.C28H44N6O6/c1-18(2)15-23-22(27(38)34-40)8-6-14-41-21-11-9-19(10-12-21)16-24(33-26(23)37)25(36)17-20(28(39)35(3)4)7-5-13-32-29(30)31;1-4-32-26(37)20(7-5-13-33-29(30)31)17-25(36)24-16-19-9-11-21(12-10-19)41-14-6-8-22(28(39)35-40)23(15-18(2)3)27(38)34-24;1-17(2)14-22-21(27(38)34-39)7-5-13-40-20-10-8-18(9-11-20)15-23(33-26(22)37)24(35)16-19(25(36)31-3)6-4-12-32-28(29)30/h9-12,18,20,22-24,40H,5-8,13-17H2,1-4H3,(H,33,37)(H,34,38)(H4,30,31,32);9-12,18,20,22-24,40H,4-8,13-17H2,1-3H3,(H,32,37)(H,34,38)(H,35,39)(H4,30,31,33);8-11,17,19,21-23,39H,4-7,12-16H2,1-3H3,(H,31,36)(H,33,37)(H,34,38)(H4,29,30,32)/t2*20-,22+,23-,24+;19-,21+,22-,23+/m111/s1. The molecule has 6 aliphatic heterocycles. The summed E-state index contributed by atoms with van der Waals surface area (Å²) >= 11 is 0. The van der Waals surface area contributed by atoms with E-state index in [0.29, 0.717) is 160 Å². The van der Waals surface area contributed by atoms with Crippen molar-refractivity contribution in [1.82, 2.24) is 47.9 Å². The van der Waals surface area contributed by atoms with Crippen molar-refractivity contribution in [3.63, 3.8) is 0 Å². The maximum absolute atomic E-state index is 13.8. The Hall–Kier alpha value is -11.0. The Bertz CT molecular complexity index is 3910. The highest BCUT2D eigenvalue weighted by atomic mass is 16.5. The predicted molar refractivity (Wildman–Crippen MR) is 460 cm³/mol. The van der Waals surface area contributed by atoms with Gasteiger partial charge in [-0.25, -0.2) is 16.4 Å². The van der Waals surface area contributed by atoms with Crippen LogP contribution in [-0.4, -0.2) is 194 Å². The van der Waals surface area contributed by atoms with Gasteiger partial charge in [0.2, 0.25) is 53.2 Å². The lowest BCUT2D eigenvalue weighted by molar-refractivity contribution is -0.142. The number of benzene rings is 3. The third kappa shape index (κ3) is 37.5. The molecule has 0 radical (unpaired) electrons. The van der Waals surface area contributed by atoms with Crippen LogP contribution in [-0.2, 0) is 76.8 Å². The number of hydrogen-bond acceptors (Lipinski definition) is 21. The number of aliphatic imine (C=N–C) groups is 3. The molecule has 0 aliphatic carbocycles. The molecular weight excluding hydrogens is 1570 g/mol. The van der Waals surface area contributed by atoms with Gasteiger partial charge in [0.1, 0.15) is 17.2 Å². The molecule has 122 heavy (non-hydrogen) atoms. The summed E-state index contributed by atoms with van der Waals surface area (Å²) in [5, 5.41) is 42.4. The largest absolute Gasteiger partial charge is 0.494 e. The van der Waals surface area contributed by atoms with Gasteiger partial charge in [0.05, 0.1) is 55.7 Å². The minimum atomic E-state index is -0.931. The number of amides is 9. The summed E-state index contributed by atoms with van der Waals surface area (Å²) in [5.74, 6) is -9.54. The third-order valence-electron chi connectivity index (χ3n) is 21.5. The van der Waals surface area contributed by atoms with Gasteiger partial charge in [-0.05, 0) is 193 Å². The molecule has 3 aromatic carbocycles. The molecule has 6 bridgehead atoms. The van der Waals surface area contributed by atoms with E-state index in [0.717, 1.165) is 16.7 Å². The minimum absolute atomic E-state index is 0.0421. The number of nitrogens with zero attached hydrogens (tertiary/aromatic N) is 4. The van der Waals surface area contributed by atoms with E-state index in [1.165, 1.54) is 11.9 Å². The Morgan fingerprint density at radius 2 is 0.730 bits per heavy atom. The summed E-state index contributed by atoms with van der Waals surface area (Å²) in [4.78, 5) is 172. The van der Waals surface area contributed by atoms with Crippen LogP contribution in [0.25, 0.3) is 0 Å². The fraction of sp³-hybridized carbons (Fsp3) is 0.616. The number of carbonyl (C=O) groups is 12. The summed E-state index contributed by atoms with van der Waals surface area (Å²) in [5.41, 5.74) is 39.9. The lowest BCUT2D eigenvalue weighted by atomic mass is 9.81.